The highest BCUT2D eigenvalue weighted by Gasteiger charge is 2.38. The molecule has 0 radical (unpaired) electrons. The molecule has 0 bridgehead atoms. The molecule has 1 saturated carbocycles. The van der Waals surface area contributed by atoms with Crippen LogP contribution in [0.3, 0.4) is 0 Å². The first kappa shape index (κ1) is 10.5. The lowest BCUT2D eigenvalue weighted by atomic mass is 10.1. The molecule has 1 heterocycles. The molecule has 5 nitrogen and oxygen atoms in total. The van der Waals surface area contributed by atoms with Gasteiger partial charge in [0.15, 0.2) is 5.82 Å². The summed E-state index contributed by atoms with van der Waals surface area (Å²) in [6.07, 6.45) is 3.74. The van der Waals surface area contributed by atoms with E-state index >= 15 is 0 Å². The fourth-order valence-corrected chi connectivity index (χ4v) is 1.58. The van der Waals surface area contributed by atoms with Gasteiger partial charge in [-0.3, -0.25) is 0 Å². The van der Waals surface area contributed by atoms with Crippen molar-refractivity contribution in [2.24, 2.45) is 5.41 Å². The van der Waals surface area contributed by atoms with Gasteiger partial charge in [0.1, 0.15) is 0 Å². The Hall–Kier alpha value is -0.970. The molecular formula is C10H19N5. The minimum atomic E-state index is 0.453. The van der Waals surface area contributed by atoms with E-state index in [9.17, 15) is 0 Å². The Morgan fingerprint density at radius 1 is 1.47 bits per heavy atom. The summed E-state index contributed by atoms with van der Waals surface area (Å²) in [6, 6.07) is 0. The molecule has 0 aliphatic heterocycles. The van der Waals surface area contributed by atoms with Crippen LogP contribution in [0.25, 0.3) is 0 Å². The Kier molecular flexibility index (Phi) is 3.00. The van der Waals surface area contributed by atoms with Gasteiger partial charge in [0.25, 0.3) is 0 Å². The van der Waals surface area contributed by atoms with Crippen LogP contribution in [-0.2, 0) is 13.1 Å². The predicted molar refractivity (Wildman–Crippen MR) is 57.2 cm³/mol. The SMILES string of the molecule is CCCNCc1nnnn1CC1(C)CC1. The number of hydrogen-bond donors (Lipinski definition) is 1. The van der Waals surface area contributed by atoms with Crippen molar-refractivity contribution in [1.29, 1.82) is 0 Å². The molecule has 2 rings (SSSR count). The third-order valence-electron chi connectivity index (χ3n) is 2.95. The Morgan fingerprint density at radius 3 is 2.93 bits per heavy atom. The van der Waals surface area contributed by atoms with E-state index in [1.54, 1.807) is 0 Å². The van der Waals surface area contributed by atoms with E-state index < -0.39 is 0 Å². The van der Waals surface area contributed by atoms with Crippen molar-refractivity contribution < 1.29 is 0 Å². The van der Waals surface area contributed by atoms with E-state index in [0.717, 1.165) is 31.9 Å². The highest BCUT2D eigenvalue weighted by molar-refractivity contribution is 4.91. The highest BCUT2D eigenvalue weighted by Crippen LogP contribution is 2.46. The molecule has 84 valence electrons. The molecular weight excluding hydrogens is 190 g/mol. The minimum absolute atomic E-state index is 0.453. The van der Waals surface area contributed by atoms with Crippen LogP contribution in [-0.4, -0.2) is 26.8 Å². The van der Waals surface area contributed by atoms with Crippen LogP contribution in [0.5, 0.6) is 0 Å². The average molecular weight is 209 g/mol. The molecule has 15 heavy (non-hydrogen) atoms. The third kappa shape index (κ3) is 2.75. The molecule has 5 heteroatoms. The molecule has 1 N–H and O–H groups in total. The zero-order valence-corrected chi connectivity index (χ0v) is 9.53. The van der Waals surface area contributed by atoms with E-state index in [-0.39, 0.29) is 0 Å². The van der Waals surface area contributed by atoms with Gasteiger partial charge < -0.3 is 5.32 Å². The smallest absolute Gasteiger partial charge is 0.165 e. The number of hydrogen-bond acceptors (Lipinski definition) is 4. The average Bonchev–Trinajstić information content (AvgIpc) is 2.76. The van der Waals surface area contributed by atoms with Gasteiger partial charge in [-0.1, -0.05) is 13.8 Å². The number of nitrogens with zero attached hydrogens (tertiary/aromatic N) is 4. The zero-order valence-electron chi connectivity index (χ0n) is 9.53. The first-order chi connectivity index (χ1) is 7.23. The third-order valence-corrected chi connectivity index (χ3v) is 2.95. The van der Waals surface area contributed by atoms with Crippen molar-refractivity contribution in [2.75, 3.05) is 6.54 Å². The predicted octanol–water partition coefficient (Wildman–Crippen LogP) is 0.973. The highest BCUT2D eigenvalue weighted by atomic mass is 15.5. The van der Waals surface area contributed by atoms with Crippen LogP contribution < -0.4 is 5.32 Å². The van der Waals surface area contributed by atoms with Crippen molar-refractivity contribution in [3.8, 4) is 0 Å². The topological polar surface area (TPSA) is 55.6 Å². The second kappa shape index (κ2) is 4.26. The van der Waals surface area contributed by atoms with Crippen LogP contribution in [0.15, 0.2) is 0 Å². The quantitative estimate of drug-likeness (QED) is 0.709. The van der Waals surface area contributed by atoms with Crippen molar-refractivity contribution in [1.82, 2.24) is 25.5 Å². The molecule has 0 saturated heterocycles. The maximum absolute atomic E-state index is 4.04. The Labute approximate surface area is 90.2 Å². The standard InChI is InChI=1S/C10H19N5/c1-3-6-11-7-9-12-13-14-15(9)8-10(2)4-5-10/h11H,3-8H2,1-2H3. The van der Waals surface area contributed by atoms with Crippen LogP contribution >= 0.6 is 0 Å². The van der Waals surface area contributed by atoms with E-state index in [1.807, 2.05) is 4.68 Å². The summed E-state index contributed by atoms with van der Waals surface area (Å²) in [4.78, 5) is 0. The van der Waals surface area contributed by atoms with Crippen molar-refractivity contribution >= 4 is 0 Å². The van der Waals surface area contributed by atoms with Crippen molar-refractivity contribution in [3.05, 3.63) is 5.82 Å². The van der Waals surface area contributed by atoms with Gasteiger partial charge in [0, 0.05) is 0 Å². The molecule has 0 atom stereocenters. The lowest BCUT2D eigenvalue weighted by molar-refractivity contribution is 0.409. The molecule has 1 aliphatic carbocycles. The number of nitrogens with one attached hydrogen (secondary N) is 1. The molecule has 1 aromatic rings. The summed E-state index contributed by atoms with van der Waals surface area (Å²) in [5.41, 5.74) is 0.453. The largest absolute Gasteiger partial charge is 0.310 e. The zero-order chi connectivity index (χ0) is 10.7. The molecule has 0 aromatic carbocycles. The van der Waals surface area contributed by atoms with Gasteiger partial charge in [-0.25, -0.2) is 4.68 Å². The number of aromatic nitrogens is 4. The lowest BCUT2D eigenvalue weighted by Gasteiger charge is -2.09. The maximum atomic E-state index is 4.04. The lowest BCUT2D eigenvalue weighted by Crippen LogP contribution is -2.20. The summed E-state index contributed by atoms with van der Waals surface area (Å²) in [7, 11) is 0. The monoisotopic (exact) mass is 209 g/mol. The number of rotatable bonds is 6. The Balaban J connectivity index is 1.90. The molecule has 1 fully saturated rings. The van der Waals surface area contributed by atoms with Gasteiger partial charge in [-0.05, 0) is 41.6 Å². The first-order valence-electron chi connectivity index (χ1n) is 5.69. The summed E-state index contributed by atoms with van der Waals surface area (Å²) in [5, 5.41) is 15.1. The molecule has 1 aliphatic rings. The van der Waals surface area contributed by atoms with Crippen molar-refractivity contribution in [2.45, 2.75) is 46.2 Å². The van der Waals surface area contributed by atoms with Crippen LogP contribution in [0.4, 0.5) is 0 Å². The Bertz CT molecular complexity index is 315. The maximum Gasteiger partial charge on any atom is 0.165 e. The second-order valence-corrected chi connectivity index (χ2v) is 4.74. The van der Waals surface area contributed by atoms with Crippen LogP contribution in [0.2, 0.25) is 0 Å². The van der Waals surface area contributed by atoms with Gasteiger partial charge in [-0.15, -0.1) is 5.10 Å². The summed E-state index contributed by atoms with van der Waals surface area (Å²) < 4.78 is 1.94. The molecule has 0 amide bonds. The summed E-state index contributed by atoms with van der Waals surface area (Å²) in [5.74, 6) is 0.955. The van der Waals surface area contributed by atoms with E-state index in [0.29, 0.717) is 5.41 Å². The van der Waals surface area contributed by atoms with E-state index in [1.165, 1.54) is 12.8 Å². The molecule has 0 spiro atoms. The van der Waals surface area contributed by atoms with E-state index in [4.69, 9.17) is 0 Å². The minimum Gasteiger partial charge on any atom is -0.310 e. The first-order valence-corrected chi connectivity index (χ1v) is 5.69. The van der Waals surface area contributed by atoms with Gasteiger partial charge in [0.05, 0.1) is 13.1 Å². The Morgan fingerprint density at radius 2 is 2.27 bits per heavy atom. The second-order valence-electron chi connectivity index (χ2n) is 4.74. The fraction of sp³-hybridized carbons (Fsp3) is 0.900. The van der Waals surface area contributed by atoms with Gasteiger partial charge in [-0.2, -0.15) is 0 Å². The van der Waals surface area contributed by atoms with E-state index in [2.05, 4.69) is 34.7 Å². The fourth-order valence-electron chi connectivity index (χ4n) is 1.58. The van der Waals surface area contributed by atoms with Crippen LogP contribution in [0.1, 0.15) is 38.9 Å². The number of tetrazole rings is 1. The van der Waals surface area contributed by atoms with Gasteiger partial charge >= 0.3 is 0 Å². The molecule has 1 aromatic heterocycles. The van der Waals surface area contributed by atoms with Crippen LogP contribution in [0, 0.1) is 5.41 Å². The summed E-state index contributed by atoms with van der Waals surface area (Å²) in [6.45, 7) is 7.20. The normalized spacial score (nSPS) is 18.0. The summed E-state index contributed by atoms with van der Waals surface area (Å²) >= 11 is 0. The van der Waals surface area contributed by atoms with Gasteiger partial charge in [0.2, 0.25) is 0 Å². The molecule has 0 unspecified atom stereocenters. The van der Waals surface area contributed by atoms with Crippen molar-refractivity contribution in [3.63, 3.8) is 0 Å².